The van der Waals surface area contributed by atoms with E-state index in [1.54, 1.807) is 21.9 Å². The number of rotatable bonds is 5. The average molecular weight is 406 g/mol. The predicted octanol–water partition coefficient (Wildman–Crippen LogP) is 2.38. The summed E-state index contributed by atoms with van der Waals surface area (Å²) in [5.41, 5.74) is 2.47. The topological polar surface area (TPSA) is 81.8 Å². The Morgan fingerprint density at radius 3 is 2.30 bits per heavy atom. The van der Waals surface area contributed by atoms with Crippen LogP contribution in [0.3, 0.4) is 0 Å². The molecular weight excluding hydrogens is 380 g/mol. The molecule has 0 radical (unpaired) electrons. The Morgan fingerprint density at radius 1 is 0.967 bits per heavy atom. The number of nitrogens with one attached hydrogen (secondary N) is 2. The Morgan fingerprint density at radius 2 is 1.67 bits per heavy atom. The number of carbonyl (C=O) groups is 3. The van der Waals surface area contributed by atoms with Crippen molar-refractivity contribution in [3.8, 4) is 0 Å². The van der Waals surface area contributed by atoms with Crippen molar-refractivity contribution in [1.29, 1.82) is 0 Å². The van der Waals surface area contributed by atoms with Crippen LogP contribution in [0.2, 0.25) is 0 Å². The lowest BCUT2D eigenvalue weighted by molar-refractivity contribution is -0.126. The highest BCUT2D eigenvalue weighted by atomic mass is 16.2. The molecule has 4 rings (SSSR count). The van der Waals surface area contributed by atoms with E-state index >= 15 is 0 Å². The highest BCUT2D eigenvalue weighted by molar-refractivity contribution is 5.97. The zero-order chi connectivity index (χ0) is 20.9. The van der Waals surface area contributed by atoms with Crippen LogP contribution in [-0.4, -0.2) is 48.9 Å². The number of anilines is 1. The van der Waals surface area contributed by atoms with Gasteiger partial charge in [-0.25, -0.2) is 4.79 Å². The molecule has 0 aromatic heterocycles. The van der Waals surface area contributed by atoms with Crippen LogP contribution in [0, 0.1) is 5.92 Å². The molecule has 2 saturated heterocycles. The SMILES string of the molecule is O=C(NCc1ccccc1)C1CCN(C(=O)c2ccc(N3CCNC3=O)cc2)CC1. The van der Waals surface area contributed by atoms with Gasteiger partial charge >= 0.3 is 6.03 Å². The van der Waals surface area contributed by atoms with E-state index in [0.29, 0.717) is 51.1 Å². The van der Waals surface area contributed by atoms with Crippen LogP contribution < -0.4 is 15.5 Å². The standard InChI is InChI=1S/C23H26N4O3/c28-21(25-16-17-4-2-1-3-5-17)18-10-13-26(14-11-18)22(29)19-6-8-20(9-7-19)27-15-12-24-23(27)30/h1-9,18H,10-16H2,(H,24,30)(H,25,28). The average Bonchev–Trinajstić information content (AvgIpc) is 3.23. The summed E-state index contributed by atoms with van der Waals surface area (Å²) in [6, 6.07) is 16.9. The van der Waals surface area contributed by atoms with Crippen molar-refractivity contribution in [1.82, 2.24) is 15.5 Å². The fourth-order valence-electron chi connectivity index (χ4n) is 3.96. The first-order chi connectivity index (χ1) is 14.6. The van der Waals surface area contributed by atoms with E-state index in [-0.39, 0.29) is 23.8 Å². The summed E-state index contributed by atoms with van der Waals surface area (Å²) in [5, 5.41) is 5.77. The van der Waals surface area contributed by atoms with Crippen molar-refractivity contribution in [3.05, 3.63) is 65.7 Å². The molecule has 2 fully saturated rings. The second kappa shape index (κ2) is 8.98. The molecule has 2 aromatic rings. The smallest absolute Gasteiger partial charge is 0.321 e. The van der Waals surface area contributed by atoms with Crippen molar-refractivity contribution < 1.29 is 14.4 Å². The van der Waals surface area contributed by atoms with Crippen molar-refractivity contribution in [2.45, 2.75) is 19.4 Å². The molecule has 0 aliphatic carbocycles. The molecule has 2 aromatic carbocycles. The Kier molecular flexibility index (Phi) is 5.97. The fraction of sp³-hybridized carbons (Fsp3) is 0.348. The normalized spacial score (nSPS) is 17.0. The van der Waals surface area contributed by atoms with E-state index in [1.165, 1.54) is 0 Å². The van der Waals surface area contributed by atoms with Crippen molar-refractivity contribution in [2.24, 2.45) is 5.92 Å². The maximum atomic E-state index is 12.8. The van der Waals surface area contributed by atoms with Crippen LogP contribution in [0.4, 0.5) is 10.5 Å². The maximum Gasteiger partial charge on any atom is 0.321 e. The van der Waals surface area contributed by atoms with Gasteiger partial charge in [-0.1, -0.05) is 30.3 Å². The summed E-state index contributed by atoms with van der Waals surface area (Å²) < 4.78 is 0. The number of benzene rings is 2. The highest BCUT2D eigenvalue weighted by Gasteiger charge is 2.28. The van der Waals surface area contributed by atoms with Gasteiger partial charge in [-0.15, -0.1) is 0 Å². The summed E-state index contributed by atoms with van der Waals surface area (Å²) in [4.78, 5) is 40.5. The maximum absolute atomic E-state index is 12.8. The molecule has 156 valence electrons. The van der Waals surface area contributed by atoms with Crippen LogP contribution in [-0.2, 0) is 11.3 Å². The van der Waals surface area contributed by atoms with E-state index in [2.05, 4.69) is 10.6 Å². The Hall–Kier alpha value is -3.35. The van der Waals surface area contributed by atoms with Gasteiger partial charge in [0.25, 0.3) is 5.91 Å². The molecule has 2 N–H and O–H groups in total. The van der Waals surface area contributed by atoms with Crippen molar-refractivity contribution >= 4 is 23.5 Å². The monoisotopic (exact) mass is 406 g/mol. The zero-order valence-electron chi connectivity index (χ0n) is 16.8. The van der Waals surface area contributed by atoms with Crippen molar-refractivity contribution in [2.75, 3.05) is 31.1 Å². The van der Waals surface area contributed by atoms with Crippen LogP contribution in [0.1, 0.15) is 28.8 Å². The number of amides is 4. The van der Waals surface area contributed by atoms with E-state index in [9.17, 15) is 14.4 Å². The fourth-order valence-corrected chi connectivity index (χ4v) is 3.96. The minimum atomic E-state index is -0.110. The molecule has 7 nitrogen and oxygen atoms in total. The van der Waals surface area contributed by atoms with Gasteiger partial charge < -0.3 is 15.5 Å². The summed E-state index contributed by atoms with van der Waals surface area (Å²) in [6.45, 7) is 2.93. The Labute approximate surface area is 176 Å². The first-order valence-electron chi connectivity index (χ1n) is 10.4. The van der Waals surface area contributed by atoms with E-state index < -0.39 is 0 Å². The molecule has 4 amide bonds. The summed E-state index contributed by atoms with van der Waals surface area (Å²) in [7, 11) is 0. The first-order valence-corrected chi connectivity index (χ1v) is 10.4. The summed E-state index contributed by atoms with van der Waals surface area (Å²) in [5.74, 6) is -0.0384. The zero-order valence-corrected chi connectivity index (χ0v) is 16.8. The van der Waals surface area contributed by atoms with Gasteiger partial charge in [-0.05, 0) is 42.7 Å². The Balaban J connectivity index is 1.27. The van der Waals surface area contributed by atoms with E-state index in [0.717, 1.165) is 11.3 Å². The van der Waals surface area contributed by atoms with Crippen molar-refractivity contribution in [3.63, 3.8) is 0 Å². The molecule has 0 spiro atoms. The molecule has 2 aliphatic heterocycles. The predicted molar refractivity (Wildman–Crippen MR) is 114 cm³/mol. The molecule has 0 bridgehead atoms. The number of hydrogen-bond acceptors (Lipinski definition) is 3. The van der Waals surface area contributed by atoms with Crippen LogP contribution in [0.15, 0.2) is 54.6 Å². The number of nitrogens with zero attached hydrogens (tertiary/aromatic N) is 2. The quantitative estimate of drug-likeness (QED) is 0.800. The third kappa shape index (κ3) is 4.45. The molecule has 0 unspecified atom stereocenters. The van der Waals surface area contributed by atoms with Gasteiger partial charge in [0.05, 0.1) is 0 Å². The third-order valence-electron chi connectivity index (χ3n) is 5.75. The molecule has 0 saturated carbocycles. The van der Waals surface area contributed by atoms with Gasteiger partial charge in [0.1, 0.15) is 0 Å². The third-order valence-corrected chi connectivity index (χ3v) is 5.75. The summed E-state index contributed by atoms with van der Waals surface area (Å²) in [6.07, 6.45) is 1.33. The largest absolute Gasteiger partial charge is 0.352 e. The number of likely N-dealkylation sites (tertiary alicyclic amines) is 1. The first kappa shape index (κ1) is 19.9. The number of carbonyl (C=O) groups excluding carboxylic acids is 3. The van der Waals surface area contributed by atoms with Crippen LogP contribution in [0.25, 0.3) is 0 Å². The van der Waals surface area contributed by atoms with Gasteiger partial charge in [-0.2, -0.15) is 0 Å². The lowest BCUT2D eigenvalue weighted by Crippen LogP contribution is -2.42. The minimum Gasteiger partial charge on any atom is -0.352 e. The molecule has 2 heterocycles. The lowest BCUT2D eigenvalue weighted by atomic mass is 9.95. The molecule has 0 atom stereocenters. The minimum absolute atomic E-state index is 0.0319. The second-order valence-corrected chi connectivity index (χ2v) is 7.70. The van der Waals surface area contributed by atoms with Gasteiger partial charge in [0.15, 0.2) is 0 Å². The number of piperidine rings is 1. The number of urea groups is 1. The molecular formula is C23H26N4O3. The van der Waals surface area contributed by atoms with E-state index in [1.807, 2.05) is 42.5 Å². The number of hydrogen-bond donors (Lipinski definition) is 2. The summed E-state index contributed by atoms with van der Waals surface area (Å²) >= 11 is 0. The van der Waals surface area contributed by atoms with Gasteiger partial charge in [0, 0.05) is 49.9 Å². The Bertz CT molecular complexity index is 906. The highest BCUT2D eigenvalue weighted by Crippen LogP contribution is 2.22. The molecule has 2 aliphatic rings. The van der Waals surface area contributed by atoms with Gasteiger partial charge in [0.2, 0.25) is 5.91 Å². The lowest BCUT2D eigenvalue weighted by Gasteiger charge is -2.31. The second-order valence-electron chi connectivity index (χ2n) is 7.70. The molecule has 30 heavy (non-hydrogen) atoms. The van der Waals surface area contributed by atoms with Gasteiger partial charge in [-0.3, -0.25) is 14.5 Å². The van der Waals surface area contributed by atoms with Crippen LogP contribution >= 0.6 is 0 Å². The van der Waals surface area contributed by atoms with E-state index in [4.69, 9.17) is 0 Å². The van der Waals surface area contributed by atoms with Crippen LogP contribution in [0.5, 0.6) is 0 Å². The molecule has 7 heteroatoms.